The zero-order valence-electron chi connectivity index (χ0n) is 17.3. The van der Waals surface area contributed by atoms with E-state index in [1.807, 2.05) is 24.3 Å². The van der Waals surface area contributed by atoms with Gasteiger partial charge in [0.15, 0.2) is 5.11 Å². The predicted octanol–water partition coefficient (Wildman–Crippen LogP) is 6.01. The highest BCUT2D eigenvalue weighted by atomic mass is 32.2. The number of hydrogen-bond acceptors (Lipinski definition) is 5. The molecule has 0 aromatic heterocycles. The molecule has 1 amide bonds. The van der Waals surface area contributed by atoms with Crippen LogP contribution in [0.1, 0.15) is 6.42 Å². The molecule has 4 rings (SSSR count). The van der Waals surface area contributed by atoms with E-state index in [1.54, 1.807) is 36.0 Å². The number of hydrogen-bond donors (Lipinski definition) is 3. The second-order valence-corrected chi connectivity index (χ2v) is 9.52. The van der Waals surface area contributed by atoms with Gasteiger partial charge in [0.2, 0.25) is 5.91 Å². The summed E-state index contributed by atoms with van der Waals surface area (Å²) in [7, 11) is 0. The lowest BCUT2D eigenvalue weighted by molar-refractivity contribution is -0.121. The van der Waals surface area contributed by atoms with Gasteiger partial charge in [-0.15, -0.1) is 0 Å². The van der Waals surface area contributed by atoms with Crippen molar-refractivity contribution in [2.75, 3.05) is 16.8 Å². The van der Waals surface area contributed by atoms with Crippen LogP contribution >= 0.6 is 35.7 Å². The first-order valence-corrected chi connectivity index (χ1v) is 12.1. The van der Waals surface area contributed by atoms with Gasteiger partial charge in [-0.2, -0.15) is 8.78 Å². The number of anilines is 3. The van der Waals surface area contributed by atoms with E-state index >= 15 is 0 Å². The second kappa shape index (κ2) is 10.9. The fourth-order valence-electron chi connectivity index (χ4n) is 3.31. The molecule has 0 atom stereocenters. The maximum Gasteiger partial charge on any atom is 0.288 e. The molecule has 0 saturated heterocycles. The van der Waals surface area contributed by atoms with Crippen molar-refractivity contribution in [2.24, 2.45) is 0 Å². The van der Waals surface area contributed by atoms with Gasteiger partial charge in [0.25, 0.3) is 5.76 Å². The van der Waals surface area contributed by atoms with Gasteiger partial charge in [-0.1, -0.05) is 47.8 Å². The number of thiocarbonyl (C=S) groups is 1. The summed E-state index contributed by atoms with van der Waals surface area (Å²) in [4.78, 5) is 17.4. The van der Waals surface area contributed by atoms with Gasteiger partial charge in [0.1, 0.15) is 0 Å². The number of carbonyl (C=O) groups excluding carboxylic acids is 1. The molecule has 1 aliphatic rings. The van der Waals surface area contributed by atoms with Crippen LogP contribution in [0, 0.1) is 0 Å². The summed E-state index contributed by atoms with van der Waals surface area (Å²) >= 11 is 7.39. The number of para-hydroxylation sites is 2. The normalized spacial score (nSPS) is 12.0. The number of amides is 1. The van der Waals surface area contributed by atoms with E-state index in [-0.39, 0.29) is 17.4 Å². The van der Waals surface area contributed by atoms with Crippen LogP contribution in [0.4, 0.5) is 25.8 Å². The van der Waals surface area contributed by atoms with Crippen molar-refractivity contribution >= 4 is 63.8 Å². The third-order valence-corrected chi connectivity index (χ3v) is 6.80. The number of nitrogens with one attached hydrogen (secondary N) is 3. The molecule has 5 nitrogen and oxygen atoms in total. The molecule has 0 unspecified atom stereocenters. The third kappa shape index (κ3) is 6.16. The Morgan fingerprint density at radius 3 is 2.15 bits per heavy atom. The lowest BCUT2D eigenvalue weighted by atomic mass is 10.2. The van der Waals surface area contributed by atoms with E-state index in [9.17, 15) is 13.6 Å². The Labute approximate surface area is 204 Å². The standard InChI is InChI=1S/C23H20F2N4OS3/c24-22(25)32-16-11-9-15(10-12-16)26-23(31)28-27-21(30)13-14-29-17-5-1-3-7-19(17)33-20-8-4-2-6-18(20)29/h1-12,22H,13-14H2,(H,27,30)(H2,26,28,31). The minimum absolute atomic E-state index is 0.197. The first kappa shape index (κ1) is 23.3. The number of fused-ring (bicyclic) bond motifs is 2. The number of rotatable bonds is 6. The van der Waals surface area contributed by atoms with Gasteiger partial charge in [-0.05, 0) is 60.7 Å². The van der Waals surface area contributed by atoms with Crippen molar-refractivity contribution in [3.05, 3.63) is 72.8 Å². The van der Waals surface area contributed by atoms with Crippen LogP contribution in [0.25, 0.3) is 0 Å². The SMILES string of the molecule is O=C(CCN1c2ccccc2Sc2ccccc21)NNC(=S)Nc1ccc(SC(F)F)cc1. The maximum absolute atomic E-state index is 12.4. The molecule has 33 heavy (non-hydrogen) atoms. The van der Waals surface area contributed by atoms with Gasteiger partial charge >= 0.3 is 0 Å². The molecule has 1 heterocycles. The summed E-state index contributed by atoms with van der Waals surface area (Å²) < 4.78 is 24.8. The van der Waals surface area contributed by atoms with Crippen molar-refractivity contribution in [1.82, 2.24) is 10.9 Å². The number of benzene rings is 3. The Bertz CT molecular complexity index is 1100. The van der Waals surface area contributed by atoms with E-state index < -0.39 is 5.76 Å². The minimum Gasteiger partial charge on any atom is -0.339 e. The fraction of sp³-hybridized carbons (Fsp3) is 0.130. The lowest BCUT2D eigenvalue weighted by Crippen LogP contribution is -2.44. The Kier molecular flexibility index (Phi) is 7.69. The summed E-state index contributed by atoms with van der Waals surface area (Å²) in [5, 5.41) is 3.10. The average molecular weight is 503 g/mol. The molecule has 3 aromatic rings. The van der Waals surface area contributed by atoms with Crippen molar-refractivity contribution in [1.29, 1.82) is 0 Å². The van der Waals surface area contributed by atoms with Crippen LogP contribution in [0.3, 0.4) is 0 Å². The zero-order chi connectivity index (χ0) is 23.2. The van der Waals surface area contributed by atoms with Crippen molar-refractivity contribution in [3.8, 4) is 0 Å². The Morgan fingerprint density at radius 1 is 0.939 bits per heavy atom. The molecule has 0 aliphatic carbocycles. The summed E-state index contributed by atoms with van der Waals surface area (Å²) in [6.45, 7) is 0.506. The molecule has 3 aromatic carbocycles. The second-order valence-electron chi connectivity index (χ2n) is 6.97. The number of carbonyl (C=O) groups is 1. The first-order valence-electron chi connectivity index (χ1n) is 10.0. The molecule has 10 heteroatoms. The summed E-state index contributed by atoms with van der Waals surface area (Å²) in [5.41, 5.74) is 8.05. The van der Waals surface area contributed by atoms with E-state index in [2.05, 4.69) is 45.3 Å². The molecule has 1 aliphatic heterocycles. The smallest absolute Gasteiger partial charge is 0.288 e. The maximum atomic E-state index is 12.4. The minimum atomic E-state index is -2.47. The third-order valence-electron chi connectivity index (χ3n) is 4.75. The molecule has 0 spiro atoms. The molecule has 170 valence electrons. The zero-order valence-corrected chi connectivity index (χ0v) is 19.7. The number of alkyl halides is 2. The van der Waals surface area contributed by atoms with Crippen LogP contribution in [0.2, 0.25) is 0 Å². The van der Waals surface area contributed by atoms with Crippen molar-refractivity contribution < 1.29 is 13.6 Å². The monoisotopic (exact) mass is 502 g/mol. The van der Waals surface area contributed by atoms with Crippen molar-refractivity contribution in [3.63, 3.8) is 0 Å². The Morgan fingerprint density at radius 2 is 1.55 bits per heavy atom. The number of thioether (sulfide) groups is 1. The van der Waals surface area contributed by atoms with Gasteiger partial charge in [0.05, 0.1) is 11.4 Å². The predicted molar refractivity (Wildman–Crippen MR) is 134 cm³/mol. The van der Waals surface area contributed by atoms with Crippen LogP contribution in [0.15, 0.2) is 87.5 Å². The summed E-state index contributed by atoms with van der Waals surface area (Å²) in [6.07, 6.45) is 0.252. The van der Waals surface area contributed by atoms with Gasteiger partial charge in [-0.25, -0.2) is 0 Å². The quantitative estimate of drug-likeness (QED) is 0.217. The fourth-order valence-corrected chi connectivity index (χ4v) is 5.07. The molecule has 0 radical (unpaired) electrons. The number of halogens is 2. The molecular formula is C23H20F2N4OS3. The van der Waals surface area contributed by atoms with Crippen molar-refractivity contribution in [2.45, 2.75) is 26.9 Å². The van der Waals surface area contributed by atoms with Gasteiger partial charge in [-0.3, -0.25) is 15.6 Å². The van der Waals surface area contributed by atoms with E-state index in [0.717, 1.165) is 21.2 Å². The Hall–Kier alpha value is -2.82. The number of hydrazine groups is 1. The Balaban J connectivity index is 1.29. The average Bonchev–Trinajstić information content (AvgIpc) is 2.81. The van der Waals surface area contributed by atoms with Crippen LogP contribution in [0.5, 0.6) is 0 Å². The number of nitrogens with zero attached hydrogens (tertiary/aromatic N) is 1. The van der Waals surface area contributed by atoms with Gasteiger partial charge in [0, 0.05) is 33.3 Å². The van der Waals surface area contributed by atoms with E-state index in [1.165, 1.54) is 0 Å². The highest BCUT2D eigenvalue weighted by Gasteiger charge is 2.23. The highest BCUT2D eigenvalue weighted by Crippen LogP contribution is 2.47. The van der Waals surface area contributed by atoms with Crippen LogP contribution < -0.4 is 21.1 Å². The van der Waals surface area contributed by atoms with Gasteiger partial charge < -0.3 is 10.2 Å². The molecule has 0 bridgehead atoms. The topological polar surface area (TPSA) is 56.4 Å². The molecular weight excluding hydrogens is 482 g/mol. The molecule has 0 saturated carbocycles. The largest absolute Gasteiger partial charge is 0.339 e. The van der Waals surface area contributed by atoms with E-state index in [4.69, 9.17) is 12.2 Å². The molecule has 3 N–H and O–H groups in total. The van der Waals surface area contributed by atoms with E-state index in [0.29, 0.717) is 28.9 Å². The lowest BCUT2D eigenvalue weighted by Gasteiger charge is -2.32. The van der Waals surface area contributed by atoms with Crippen LogP contribution in [-0.2, 0) is 4.79 Å². The molecule has 0 fully saturated rings. The van der Waals surface area contributed by atoms with Crippen LogP contribution in [-0.4, -0.2) is 23.3 Å². The highest BCUT2D eigenvalue weighted by molar-refractivity contribution is 8.00. The first-order chi connectivity index (χ1) is 16.0. The summed E-state index contributed by atoms with van der Waals surface area (Å²) in [5.74, 6) is -2.68. The summed E-state index contributed by atoms with van der Waals surface area (Å²) in [6, 6.07) is 22.7.